The van der Waals surface area contributed by atoms with Crippen molar-refractivity contribution >= 4 is 23.7 Å². The van der Waals surface area contributed by atoms with Gasteiger partial charge in [0.05, 0.1) is 13.2 Å². The molecular formula is C20H25NO4. The van der Waals surface area contributed by atoms with Gasteiger partial charge in [0.2, 0.25) is 0 Å². The van der Waals surface area contributed by atoms with E-state index in [1.807, 2.05) is 0 Å². The van der Waals surface area contributed by atoms with E-state index in [4.69, 9.17) is 9.47 Å². The molecule has 3 rings (SSSR count). The van der Waals surface area contributed by atoms with E-state index < -0.39 is 11.9 Å². The highest BCUT2D eigenvalue weighted by atomic mass is 16.6. The van der Waals surface area contributed by atoms with Gasteiger partial charge >= 0.3 is 11.9 Å². The van der Waals surface area contributed by atoms with Crippen LogP contribution in [0.4, 0.5) is 5.69 Å². The van der Waals surface area contributed by atoms with Gasteiger partial charge in [0, 0.05) is 18.8 Å². The van der Waals surface area contributed by atoms with Crippen LogP contribution in [-0.4, -0.2) is 38.2 Å². The van der Waals surface area contributed by atoms with Gasteiger partial charge in [-0.15, -0.1) is 0 Å². The molecule has 0 fully saturated rings. The highest BCUT2D eigenvalue weighted by Gasteiger charge is 2.25. The molecular weight excluding hydrogens is 318 g/mol. The molecule has 0 unspecified atom stereocenters. The van der Waals surface area contributed by atoms with Gasteiger partial charge in [0.15, 0.2) is 0 Å². The van der Waals surface area contributed by atoms with Crippen molar-refractivity contribution in [3.05, 3.63) is 34.4 Å². The van der Waals surface area contributed by atoms with Crippen molar-refractivity contribution in [2.45, 2.75) is 39.5 Å². The number of hydrogen-bond acceptors (Lipinski definition) is 5. The van der Waals surface area contributed by atoms with Crippen molar-refractivity contribution < 1.29 is 19.1 Å². The summed E-state index contributed by atoms with van der Waals surface area (Å²) >= 11 is 0. The van der Waals surface area contributed by atoms with Gasteiger partial charge in [-0.25, -0.2) is 9.59 Å². The first kappa shape index (κ1) is 17.5. The Morgan fingerprint density at radius 1 is 1.00 bits per heavy atom. The molecule has 134 valence electrons. The van der Waals surface area contributed by atoms with Crippen molar-refractivity contribution in [1.29, 1.82) is 0 Å². The van der Waals surface area contributed by atoms with Crippen LogP contribution in [0.3, 0.4) is 0 Å². The number of ether oxygens (including phenoxy) is 2. The number of carbonyl (C=O) groups is 2. The molecule has 2 aliphatic rings. The SMILES string of the molecule is CCOC(=O)C(=Cc1cc2c3c(c1)CCCN3CCC2)C(=O)OCC. The first-order valence-corrected chi connectivity index (χ1v) is 9.10. The van der Waals surface area contributed by atoms with Gasteiger partial charge in [-0.3, -0.25) is 0 Å². The third-order valence-electron chi connectivity index (χ3n) is 4.66. The summed E-state index contributed by atoms with van der Waals surface area (Å²) in [6, 6.07) is 4.18. The van der Waals surface area contributed by atoms with Gasteiger partial charge in [0.1, 0.15) is 5.57 Å². The number of carbonyl (C=O) groups excluding carboxylic acids is 2. The maximum atomic E-state index is 12.2. The number of anilines is 1. The molecule has 1 aromatic rings. The van der Waals surface area contributed by atoms with Crippen molar-refractivity contribution in [2.75, 3.05) is 31.2 Å². The van der Waals surface area contributed by atoms with E-state index in [1.165, 1.54) is 16.8 Å². The zero-order valence-electron chi connectivity index (χ0n) is 15.0. The zero-order valence-corrected chi connectivity index (χ0v) is 15.0. The molecule has 0 saturated heterocycles. The lowest BCUT2D eigenvalue weighted by Gasteiger charge is -2.37. The normalized spacial score (nSPS) is 15.2. The third kappa shape index (κ3) is 3.70. The summed E-state index contributed by atoms with van der Waals surface area (Å²) in [5, 5.41) is 0. The van der Waals surface area contributed by atoms with E-state index in [1.54, 1.807) is 19.9 Å². The predicted octanol–water partition coefficient (Wildman–Crippen LogP) is 2.90. The van der Waals surface area contributed by atoms with E-state index in [0.29, 0.717) is 0 Å². The Morgan fingerprint density at radius 3 is 2.00 bits per heavy atom. The number of aryl methyl sites for hydroxylation is 2. The molecule has 0 atom stereocenters. The lowest BCUT2D eigenvalue weighted by molar-refractivity contribution is -0.146. The van der Waals surface area contributed by atoms with Crippen molar-refractivity contribution in [3.63, 3.8) is 0 Å². The van der Waals surface area contributed by atoms with E-state index in [2.05, 4.69) is 17.0 Å². The highest BCUT2D eigenvalue weighted by molar-refractivity contribution is 6.17. The van der Waals surface area contributed by atoms with Crippen molar-refractivity contribution in [2.24, 2.45) is 0 Å². The number of nitrogens with zero attached hydrogens (tertiary/aromatic N) is 1. The first-order valence-electron chi connectivity index (χ1n) is 9.10. The van der Waals surface area contributed by atoms with Crippen LogP contribution in [-0.2, 0) is 31.9 Å². The van der Waals surface area contributed by atoms with Gasteiger partial charge in [-0.1, -0.05) is 0 Å². The summed E-state index contributed by atoms with van der Waals surface area (Å²) in [5.41, 5.74) is 4.81. The minimum atomic E-state index is -0.631. The molecule has 1 aromatic carbocycles. The van der Waals surface area contributed by atoms with Crippen LogP contribution < -0.4 is 4.90 Å². The van der Waals surface area contributed by atoms with Crippen molar-refractivity contribution in [1.82, 2.24) is 0 Å². The Bertz CT molecular complexity index is 657. The number of hydrogen-bond donors (Lipinski definition) is 0. The Kier molecular flexibility index (Phi) is 5.41. The minimum absolute atomic E-state index is 0.0423. The molecule has 5 nitrogen and oxygen atoms in total. The summed E-state index contributed by atoms with van der Waals surface area (Å²) in [5.74, 6) is -1.26. The smallest absolute Gasteiger partial charge is 0.345 e. The molecule has 0 N–H and O–H groups in total. The summed E-state index contributed by atoms with van der Waals surface area (Å²) < 4.78 is 10.0. The van der Waals surface area contributed by atoms with Crippen molar-refractivity contribution in [3.8, 4) is 0 Å². The Balaban J connectivity index is 2.00. The quantitative estimate of drug-likeness (QED) is 0.356. The molecule has 0 amide bonds. The van der Waals surface area contributed by atoms with E-state index in [-0.39, 0.29) is 18.8 Å². The van der Waals surface area contributed by atoms with Crippen LogP contribution in [0, 0.1) is 0 Å². The highest BCUT2D eigenvalue weighted by Crippen LogP contribution is 2.36. The summed E-state index contributed by atoms with van der Waals surface area (Å²) in [6.07, 6.45) is 5.97. The minimum Gasteiger partial charge on any atom is -0.462 e. The molecule has 0 spiro atoms. The fourth-order valence-electron chi connectivity index (χ4n) is 3.70. The van der Waals surface area contributed by atoms with Crippen LogP contribution in [0.15, 0.2) is 17.7 Å². The topological polar surface area (TPSA) is 55.8 Å². The third-order valence-corrected chi connectivity index (χ3v) is 4.66. The fraction of sp³-hybridized carbons (Fsp3) is 0.500. The summed E-state index contributed by atoms with van der Waals surface area (Å²) in [7, 11) is 0. The lowest BCUT2D eigenvalue weighted by Crippen LogP contribution is -2.34. The van der Waals surface area contributed by atoms with Crippen LogP contribution in [0.5, 0.6) is 0 Å². The number of esters is 2. The second kappa shape index (κ2) is 7.72. The number of rotatable bonds is 5. The molecule has 25 heavy (non-hydrogen) atoms. The van der Waals surface area contributed by atoms with Crippen LogP contribution in [0.1, 0.15) is 43.4 Å². The molecule has 0 aliphatic carbocycles. The molecule has 0 saturated carbocycles. The van der Waals surface area contributed by atoms with E-state index >= 15 is 0 Å². The second-order valence-corrected chi connectivity index (χ2v) is 6.38. The summed E-state index contributed by atoms with van der Waals surface area (Å²) in [4.78, 5) is 26.8. The van der Waals surface area contributed by atoms with Crippen LogP contribution in [0.25, 0.3) is 6.08 Å². The number of benzene rings is 1. The van der Waals surface area contributed by atoms with Crippen LogP contribution >= 0.6 is 0 Å². The van der Waals surface area contributed by atoms with Gasteiger partial charge in [-0.05, 0) is 74.4 Å². The largest absolute Gasteiger partial charge is 0.462 e. The predicted molar refractivity (Wildman–Crippen MR) is 96.5 cm³/mol. The maximum absolute atomic E-state index is 12.2. The van der Waals surface area contributed by atoms with Gasteiger partial charge in [0.25, 0.3) is 0 Å². The average molecular weight is 343 g/mol. The summed E-state index contributed by atoms with van der Waals surface area (Å²) in [6.45, 7) is 6.12. The molecule has 0 bridgehead atoms. The standard InChI is InChI=1S/C20H25NO4/c1-3-24-19(22)17(20(23)25-4-2)13-14-11-15-7-5-9-21-10-6-8-16(12-14)18(15)21/h11-13H,3-10H2,1-2H3. The molecule has 0 aromatic heterocycles. The average Bonchev–Trinajstić information content (AvgIpc) is 2.60. The lowest BCUT2D eigenvalue weighted by atomic mass is 9.89. The Hall–Kier alpha value is -2.30. The van der Waals surface area contributed by atoms with E-state index in [0.717, 1.165) is 44.3 Å². The maximum Gasteiger partial charge on any atom is 0.345 e. The second-order valence-electron chi connectivity index (χ2n) is 6.38. The Morgan fingerprint density at radius 2 is 1.52 bits per heavy atom. The molecule has 0 radical (unpaired) electrons. The van der Waals surface area contributed by atoms with E-state index in [9.17, 15) is 9.59 Å². The molecule has 2 aliphatic heterocycles. The zero-order chi connectivity index (χ0) is 17.8. The van der Waals surface area contributed by atoms with Gasteiger partial charge < -0.3 is 14.4 Å². The van der Waals surface area contributed by atoms with Crippen LogP contribution in [0.2, 0.25) is 0 Å². The molecule has 2 heterocycles. The fourth-order valence-corrected chi connectivity index (χ4v) is 3.70. The van der Waals surface area contributed by atoms with Gasteiger partial charge in [-0.2, -0.15) is 0 Å². The molecule has 5 heteroatoms. The first-order chi connectivity index (χ1) is 12.1. The Labute approximate surface area is 148 Å². The monoisotopic (exact) mass is 343 g/mol.